The third-order valence-corrected chi connectivity index (χ3v) is 5.05. The molecule has 0 aliphatic carbocycles. The van der Waals surface area contributed by atoms with E-state index in [1.165, 1.54) is 11.3 Å². The molecule has 0 saturated carbocycles. The molecule has 0 saturated heterocycles. The van der Waals surface area contributed by atoms with Crippen LogP contribution in [0.25, 0.3) is 10.6 Å². The third-order valence-electron chi connectivity index (χ3n) is 3.26. The molecule has 0 aliphatic heterocycles. The van der Waals surface area contributed by atoms with Gasteiger partial charge in [-0.15, -0.1) is 11.3 Å². The number of nitriles is 1. The maximum absolute atomic E-state index is 13.1. The Hall–Kier alpha value is -2.37. The van der Waals surface area contributed by atoms with Gasteiger partial charge in [0.1, 0.15) is 5.69 Å². The number of alkyl halides is 3. The predicted octanol–water partition coefficient (Wildman–Crippen LogP) is 5.39. The summed E-state index contributed by atoms with van der Waals surface area (Å²) in [4.78, 5) is 8.52. The summed E-state index contributed by atoms with van der Waals surface area (Å²) in [7, 11) is 0. The summed E-state index contributed by atoms with van der Waals surface area (Å²) in [5.41, 5.74) is 0.490. The molecule has 0 amide bonds. The van der Waals surface area contributed by atoms with Gasteiger partial charge < -0.3 is 0 Å². The van der Waals surface area contributed by atoms with E-state index in [2.05, 4.69) is 16.0 Å². The fourth-order valence-corrected chi connectivity index (χ4v) is 3.63. The van der Waals surface area contributed by atoms with Gasteiger partial charge in [-0.05, 0) is 29.1 Å². The lowest BCUT2D eigenvalue weighted by molar-refractivity contribution is -0.141. The second-order valence-corrected chi connectivity index (χ2v) is 6.84. The zero-order valence-electron chi connectivity index (χ0n) is 12.6. The standard InChI is InChI=1S/C17H10F3N3S2/c18-17(19,20)15-8-13(14-6-3-7-24-14)22-16(23-15)25-10-12-5-2-1-4-11(12)9-21/h1-8H,10H2. The molecule has 3 rings (SSSR count). The second kappa shape index (κ2) is 7.25. The minimum absolute atomic E-state index is 0.0333. The Bertz CT molecular complexity index is 916. The van der Waals surface area contributed by atoms with Crippen molar-refractivity contribution in [2.75, 3.05) is 0 Å². The maximum atomic E-state index is 13.1. The monoisotopic (exact) mass is 377 g/mol. The molecule has 0 spiro atoms. The van der Waals surface area contributed by atoms with Crippen molar-refractivity contribution in [2.45, 2.75) is 17.1 Å². The first-order valence-corrected chi connectivity index (χ1v) is 8.95. The molecule has 8 heteroatoms. The first-order chi connectivity index (χ1) is 12.0. The van der Waals surface area contributed by atoms with E-state index >= 15 is 0 Å². The van der Waals surface area contributed by atoms with Crippen molar-refractivity contribution in [1.29, 1.82) is 5.26 Å². The van der Waals surface area contributed by atoms with Gasteiger partial charge in [0.15, 0.2) is 5.16 Å². The van der Waals surface area contributed by atoms with Crippen LogP contribution in [0.1, 0.15) is 16.8 Å². The van der Waals surface area contributed by atoms with Gasteiger partial charge in [-0.1, -0.05) is 36.0 Å². The van der Waals surface area contributed by atoms with Gasteiger partial charge in [0, 0.05) is 5.75 Å². The first kappa shape index (κ1) is 17.5. The van der Waals surface area contributed by atoms with Crippen molar-refractivity contribution in [1.82, 2.24) is 9.97 Å². The van der Waals surface area contributed by atoms with E-state index in [9.17, 15) is 13.2 Å². The van der Waals surface area contributed by atoms with Crippen LogP contribution in [0, 0.1) is 11.3 Å². The molecule has 0 unspecified atom stereocenters. The zero-order valence-corrected chi connectivity index (χ0v) is 14.3. The van der Waals surface area contributed by atoms with Crippen molar-refractivity contribution >= 4 is 23.1 Å². The van der Waals surface area contributed by atoms with Crippen LogP contribution in [0.15, 0.2) is 53.0 Å². The molecule has 25 heavy (non-hydrogen) atoms. The van der Waals surface area contributed by atoms with E-state index in [0.29, 0.717) is 16.2 Å². The highest BCUT2D eigenvalue weighted by molar-refractivity contribution is 7.98. The van der Waals surface area contributed by atoms with Gasteiger partial charge in [0.25, 0.3) is 0 Å². The van der Waals surface area contributed by atoms with E-state index in [1.807, 2.05) is 0 Å². The van der Waals surface area contributed by atoms with Crippen LogP contribution >= 0.6 is 23.1 Å². The third kappa shape index (κ3) is 4.18. The van der Waals surface area contributed by atoms with E-state index in [0.717, 1.165) is 23.4 Å². The average Bonchev–Trinajstić information content (AvgIpc) is 3.14. The molecule has 3 nitrogen and oxygen atoms in total. The summed E-state index contributed by atoms with van der Waals surface area (Å²) in [6.07, 6.45) is -4.55. The highest BCUT2D eigenvalue weighted by atomic mass is 32.2. The van der Waals surface area contributed by atoms with Crippen LogP contribution in [0.2, 0.25) is 0 Å². The van der Waals surface area contributed by atoms with Gasteiger partial charge in [-0.25, -0.2) is 9.97 Å². The van der Waals surface area contributed by atoms with Crippen LogP contribution in [-0.2, 0) is 11.9 Å². The number of hydrogen-bond acceptors (Lipinski definition) is 5. The Kier molecular flexibility index (Phi) is 5.06. The van der Waals surface area contributed by atoms with Crippen LogP contribution in [-0.4, -0.2) is 9.97 Å². The van der Waals surface area contributed by atoms with E-state index < -0.39 is 11.9 Å². The van der Waals surface area contributed by atoms with Crippen molar-refractivity contribution in [3.05, 3.63) is 64.7 Å². The fourth-order valence-electron chi connectivity index (χ4n) is 2.08. The molecule has 0 atom stereocenters. The molecule has 0 bridgehead atoms. The Morgan fingerprint density at radius 3 is 2.60 bits per heavy atom. The van der Waals surface area contributed by atoms with Crippen molar-refractivity contribution in [3.8, 4) is 16.6 Å². The average molecular weight is 377 g/mol. The van der Waals surface area contributed by atoms with Crippen LogP contribution in [0.4, 0.5) is 13.2 Å². The quantitative estimate of drug-likeness (QED) is 0.452. The van der Waals surface area contributed by atoms with Gasteiger partial charge in [-0.3, -0.25) is 0 Å². The molecular formula is C17H10F3N3S2. The van der Waals surface area contributed by atoms with Crippen LogP contribution < -0.4 is 0 Å². The molecule has 2 heterocycles. The highest BCUT2D eigenvalue weighted by Crippen LogP contribution is 2.33. The van der Waals surface area contributed by atoms with Crippen LogP contribution in [0.3, 0.4) is 0 Å². The summed E-state index contributed by atoms with van der Waals surface area (Å²) >= 11 is 2.39. The van der Waals surface area contributed by atoms with Crippen molar-refractivity contribution in [2.24, 2.45) is 0 Å². The Morgan fingerprint density at radius 2 is 1.92 bits per heavy atom. The number of thiophene rings is 1. The topological polar surface area (TPSA) is 49.6 Å². The summed E-state index contributed by atoms with van der Waals surface area (Å²) in [6.45, 7) is 0. The SMILES string of the molecule is N#Cc1ccccc1CSc1nc(-c2cccs2)cc(C(F)(F)F)n1. The number of halogens is 3. The van der Waals surface area contributed by atoms with Gasteiger partial charge in [0.05, 0.1) is 22.2 Å². The van der Waals surface area contributed by atoms with Gasteiger partial charge in [0.2, 0.25) is 0 Å². The van der Waals surface area contributed by atoms with Gasteiger partial charge >= 0.3 is 6.18 Å². The molecule has 0 radical (unpaired) electrons. The van der Waals surface area contributed by atoms with Gasteiger partial charge in [-0.2, -0.15) is 18.4 Å². The fraction of sp³-hybridized carbons (Fsp3) is 0.118. The molecular weight excluding hydrogens is 367 g/mol. The zero-order chi connectivity index (χ0) is 17.9. The van der Waals surface area contributed by atoms with E-state index in [-0.39, 0.29) is 10.9 Å². The number of thioether (sulfide) groups is 1. The summed E-state index contributed by atoms with van der Waals surface area (Å²) < 4.78 is 39.4. The Morgan fingerprint density at radius 1 is 1.12 bits per heavy atom. The van der Waals surface area contributed by atoms with Crippen molar-refractivity contribution < 1.29 is 13.2 Å². The minimum Gasteiger partial charge on any atom is -0.222 e. The Balaban J connectivity index is 1.93. The molecule has 126 valence electrons. The number of nitrogens with zero attached hydrogens (tertiary/aromatic N) is 3. The Labute approximate surface area is 150 Å². The lowest BCUT2D eigenvalue weighted by Crippen LogP contribution is -2.10. The smallest absolute Gasteiger partial charge is 0.222 e. The number of rotatable bonds is 4. The second-order valence-electron chi connectivity index (χ2n) is 4.95. The normalized spacial score (nSPS) is 11.3. The minimum atomic E-state index is -4.55. The molecule has 0 aliphatic rings. The molecule has 0 fully saturated rings. The molecule has 1 aromatic carbocycles. The number of hydrogen-bond donors (Lipinski definition) is 0. The summed E-state index contributed by atoms with van der Waals surface area (Å²) in [5.74, 6) is 0.314. The van der Waals surface area contributed by atoms with Crippen LogP contribution in [0.5, 0.6) is 0 Å². The van der Waals surface area contributed by atoms with E-state index in [4.69, 9.17) is 5.26 Å². The molecule has 2 aromatic heterocycles. The number of aromatic nitrogens is 2. The van der Waals surface area contributed by atoms with E-state index in [1.54, 1.807) is 41.8 Å². The largest absolute Gasteiger partial charge is 0.433 e. The number of benzene rings is 1. The predicted molar refractivity (Wildman–Crippen MR) is 91.1 cm³/mol. The summed E-state index contributed by atoms with van der Waals surface area (Å²) in [5, 5.41) is 10.9. The molecule has 3 aromatic rings. The van der Waals surface area contributed by atoms with Crippen molar-refractivity contribution in [3.63, 3.8) is 0 Å². The maximum Gasteiger partial charge on any atom is 0.433 e. The lowest BCUT2D eigenvalue weighted by atomic mass is 10.1. The molecule has 0 N–H and O–H groups in total. The highest BCUT2D eigenvalue weighted by Gasteiger charge is 2.34. The lowest BCUT2D eigenvalue weighted by Gasteiger charge is -2.10. The first-order valence-electron chi connectivity index (χ1n) is 7.08. The summed E-state index contributed by atoms with van der Waals surface area (Å²) in [6, 6.07) is 13.4.